The molecule has 9 heteroatoms. The molecule has 5 aliphatic heterocycles. The molecular formula is C35H42N4O5. The van der Waals surface area contributed by atoms with Crippen LogP contribution < -0.4 is 5.32 Å². The second-order valence-corrected chi connectivity index (χ2v) is 12.3. The van der Waals surface area contributed by atoms with E-state index < -0.39 is 12.6 Å². The molecule has 0 aromatic heterocycles. The van der Waals surface area contributed by atoms with E-state index in [4.69, 9.17) is 19.7 Å². The molecule has 5 N–H and O–H groups in total. The first-order valence-corrected chi connectivity index (χ1v) is 15.6. The highest BCUT2D eigenvalue weighted by Crippen LogP contribution is 2.48. The van der Waals surface area contributed by atoms with Crippen molar-refractivity contribution in [1.29, 1.82) is 0 Å². The summed E-state index contributed by atoms with van der Waals surface area (Å²) in [6, 6.07) is 0. The maximum absolute atomic E-state index is 11.4. The summed E-state index contributed by atoms with van der Waals surface area (Å²) in [5, 5.41) is 46.4. The van der Waals surface area contributed by atoms with Gasteiger partial charge in [-0.3, -0.25) is 0 Å². The topological polar surface area (TPSA) is 139 Å². The molecule has 0 radical (unpaired) electrons. The fourth-order valence-corrected chi connectivity index (χ4v) is 7.56. The van der Waals surface area contributed by atoms with E-state index in [1.54, 1.807) is 0 Å². The number of aliphatic imine (C=N–C) groups is 3. The minimum Gasteiger partial charge on any atom is -0.511 e. The van der Waals surface area contributed by atoms with Crippen LogP contribution in [0, 0.1) is 11.8 Å². The Hall–Kier alpha value is -3.63. The highest BCUT2D eigenvalue weighted by atomic mass is 16.6. The summed E-state index contributed by atoms with van der Waals surface area (Å²) in [6.45, 7) is 12.3. The van der Waals surface area contributed by atoms with E-state index in [9.17, 15) is 20.4 Å². The molecule has 0 amide bonds. The van der Waals surface area contributed by atoms with Crippen molar-refractivity contribution in [3.05, 3.63) is 91.0 Å². The van der Waals surface area contributed by atoms with Crippen molar-refractivity contribution < 1.29 is 25.2 Å². The van der Waals surface area contributed by atoms with Crippen LogP contribution in [0.3, 0.4) is 0 Å². The molecule has 0 spiro atoms. The number of allylic oxidation sites excluding steroid dienone is 11. The van der Waals surface area contributed by atoms with Crippen LogP contribution in [0.25, 0.3) is 0 Å². The Labute approximate surface area is 258 Å². The van der Waals surface area contributed by atoms with Gasteiger partial charge in [0.15, 0.2) is 12.6 Å². The number of rotatable bonds is 7. The quantitative estimate of drug-likeness (QED) is 0.246. The molecule has 5 heterocycles. The SMILES string of the molecule is CCC1=C2C=C3N=C(C=C4N=C(C(C)=C4C(O)O)C(C)=C4NC(=C5CC(O)=C1C5=N2)C(CCC(O)OC)C4C)C(C)=C3CC. The normalized spacial score (nSPS) is 25.5. The molecule has 6 rings (SSSR count). The van der Waals surface area contributed by atoms with Gasteiger partial charge < -0.3 is 30.5 Å². The summed E-state index contributed by atoms with van der Waals surface area (Å²) < 4.78 is 5.17. The molecule has 44 heavy (non-hydrogen) atoms. The molecule has 1 fully saturated rings. The Morgan fingerprint density at radius 3 is 2.30 bits per heavy atom. The fraction of sp³-hybridized carbons (Fsp3) is 0.457. The molecule has 6 aliphatic rings. The minimum atomic E-state index is -1.70. The van der Waals surface area contributed by atoms with Crippen LogP contribution in [0.1, 0.15) is 73.6 Å². The average Bonchev–Trinajstić information content (AvgIpc) is 3.75. The summed E-state index contributed by atoms with van der Waals surface area (Å²) in [5.74, 6) is 0.346. The van der Waals surface area contributed by atoms with Gasteiger partial charge in [-0.25, -0.2) is 15.0 Å². The van der Waals surface area contributed by atoms with Crippen LogP contribution in [0.2, 0.25) is 0 Å². The number of hydrogen-bond acceptors (Lipinski definition) is 9. The molecular weight excluding hydrogens is 556 g/mol. The summed E-state index contributed by atoms with van der Waals surface area (Å²) in [7, 11) is 1.50. The van der Waals surface area contributed by atoms with Crippen molar-refractivity contribution in [3.63, 3.8) is 0 Å². The lowest BCUT2D eigenvalue weighted by Crippen LogP contribution is -2.17. The summed E-state index contributed by atoms with van der Waals surface area (Å²) in [6.07, 6.45) is 4.25. The number of hydrogen-bond donors (Lipinski definition) is 5. The molecule has 3 atom stereocenters. The second-order valence-electron chi connectivity index (χ2n) is 12.3. The summed E-state index contributed by atoms with van der Waals surface area (Å²) in [4.78, 5) is 15.1. The summed E-state index contributed by atoms with van der Waals surface area (Å²) >= 11 is 0. The fourth-order valence-electron chi connectivity index (χ4n) is 7.56. The molecule has 0 saturated carbocycles. The molecule has 3 unspecified atom stereocenters. The van der Waals surface area contributed by atoms with Gasteiger partial charge in [-0.15, -0.1) is 0 Å². The molecule has 232 valence electrons. The number of aliphatic hydroxyl groups is 4. The smallest absolute Gasteiger partial charge is 0.180 e. The van der Waals surface area contributed by atoms with Crippen molar-refractivity contribution in [2.45, 2.75) is 86.2 Å². The molecule has 1 aliphatic carbocycles. The van der Waals surface area contributed by atoms with E-state index in [1.807, 2.05) is 32.9 Å². The Morgan fingerprint density at radius 2 is 1.64 bits per heavy atom. The predicted octanol–water partition coefficient (Wildman–Crippen LogP) is 5.49. The van der Waals surface area contributed by atoms with Crippen molar-refractivity contribution in [2.24, 2.45) is 26.8 Å². The van der Waals surface area contributed by atoms with Crippen LogP contribution in [-0.4, -0.2) is 57.3 Å². The number of fused-ring (bicyclic) bond motifs is 5. The molecule has 0 aromatic carbocycles. The number of ether oxygens (including phenoxy) is 1. The highest BCUT2D eigenvalue weighted by Gasteiger charge is 2.42. The first kappa shape index (κ1) is 30.4. The monoisotopic (exact) mass is 598 g/mol. The van der Waals surface area contributed by atoms with Gasteiger partial charge in [-0.2, -0.15) is 0 Å². The predicted molar refractivity (Wildman–Crippen MR) is 172 cm³/mol. The first-order chi connectivity index (χ1) is 21.0. The van der Waals surface area contributed by atoms with Gasteiger partial charge in [0.25, 0.3) is 0 Å². The van der Waals surface area contributed by atoms with E-state index in [2.05, 4.69) is 26.1 Å². The van der Waals surface area contributed by atoms with Crippen molar-refractivity contribution >= 4 is 17.1 Å². The van der Waals surface area contributed by atoms with Gasteiger partial charge >= 0.3 is 0 Å². The Kier molecular flexibility index (Phi) is 7.86. The largest absolute Gasteiger partial charge is 0.511 e. The van der Waals surface area contributed by atoms with E-state index >= 15 is 0 Å². The minimum absolute atomic E-state index is 0.000753. The van der Waals surface area contributed by atoms with Gasteiger partial charge in [0.2, 0.25) is 0 Å². The third-order valence-corrected chi connectivity index (χ3v) is 9.95. The van der Waals surface area contributed by atoms with Crippen molar-refractivity contribution in [2.75, 3.05) is 7.11 Å². The van der Waals surface area contributed by atoms with Crippen LogP contribution >= 0.6 is 0 Å². The van der Waals surface area contributed by atoms with Crippen LogP contribution in [-0.2, 0) is 4.74 Å². The lowest BCUT2D eigenvalue weighted by molar-refractivity contribution is -0.0809. The number of nitrogens with zero attached hydrogens (tertiary/aromatic N) is 3. The van der Waals surface area contributed by atoms with Gasteiger partial charge in [-0.05, 0) is 86.5 Å². The molecule has 8 bridgehead atoms. The number of nitrogens with one attached hydrogen (secondary N) is 1. The lowest BCUT2D eigenvalue weighted by Gasteiger charge is -2.19. The van der Waals surface area contributed by atoms with E-state index in [0.717, 1.165) is 74.1 Å². The zero-order valence-corrected chi connectivity index (χ0v) is 26.5. The maximum Gasteiger partial charge on any atom is 0.180 e. The van der Waals surface area contributed by atoms with Crippen LogP contribution in [0.4, 0.5) is 0 Å². The van der Waals surface area contributed by atoms with E-state index in [0.29, 0.717) is 54.0 Å². The first-order valence-electron chi connectivity index (χ1n) is 15.6. The molecule has 0 aromatic rings. The lowest BCUT2D eigenvalue weighted by atomic mass is 9.85. The number of methoxy groups -OCH3 is 1. The third kappa shape index (κ3) is 4.65. The van der Waals surface area contributed by atoms with Gasteiger partial charge in [-0.1, -0.05) is 20.8 Å². The van der Waals surface area contributed by atoms with Gasteiger partial charge in [0.05, 0.1) is 34.2 Å². The van der Waals surface area contributed by atoms with Crippen LogP contribution in [0.5, 0.6) is 0 Å². The van der Waals surface area contributed by atoms with Crippen molar-refractivity contribution in [3.8, 4) is 0 Å². The molecule has 1 saturated heterocycles. The van der Waals surface area contributed by atoms with Crippen molar-refractivity contribution in [1.82, 2.24) is 5.32 Å². The third-order valence-electron chi connectivity index (χ3n) is 9.95. The Bertz CT molecular complexity index is 1700. The van der Waals surface area contributed by atoms with E-state index in [1.165, 1.54) is 7.11 Å². The standard InChI is InChI=1S/C35H42N4O5/c1-8-19-15(3)23-13-26-29(35(42)43)17(5)32(38-26)18(6)31-16(4)21(10-11-28(41)44-7)33(39-31)22-12-27(40)30-20(9-2)25(37-34(22)30)14-24(19)36-23/h13-14,16,21,28,35,39-43H,8-12H2,1-7H3. The summed E-state index contributed by atoms with van der Waals surface area (Å²) in [5.41, 5.74) is 13.2. The van der Waals surface area contributed by atoms with Gasteiger partial charge in [0.1, 0.15) is 5.76 Å². The van der Waals surface area contributed by atoms with Crippen LogP contribution in [0.15, 0.2) is 106 Å². The Balaban J connectivity index is 1.64. The zero-order chi connectivity index (χ0) is 31.6. The maximum atomic E-state index is 11.4. The van der Waals surface area contributed by atoms with Gasteiger partial charge in [0, 0.05) is 53.5 Å². The molecule has 9 nitrogen and oxygen atoms in total. The number of aliphatic hydroxyl groups excluding tert-OH is 3. The van der Waals surface area contributed by atoms with E-state index in [-0.39, 0.29) is 11.8 Å². The zero-order valence-electron chi connectivity index (χ0n) is 26.5. The average molecular weight is 599 g/mol. The Morgan fingerprint density at radius 1 is 0.909 bits per heavy atom. The highest BCUT2D eigenvalue weighted by molar-refractivity contribution is 6.21. The second kappa shape index (κ2) is 11.4.